The molecule has 0 aliphatic carbocycles. The molecule has 0 radical (unpaired) electrons. The summed E-state index contributed by atoms with van der Waals surface area (Å²) in [5.74, 6) is -3.71. The number of hydrogen-bond acceptors (Lipinski definition) is 3. The maximum atomic E-state index is 12.2. The van der Waals surface area contributed by atoms with Gasteiger partial charge in [0.15, 0.2) is 0 Å². The van der Waals surface area contributed by atoms with Crippen molar-refractivity contribution in [2.45, 2.75) is 17.1 Å². The molecule has 0 saturated carbocycles. The van der Waals surface area contributed by atoms with E-state index >= 15 is 0 Å². The van der Waals surface area contributed by atoms with E-state index in [9.17, 15) is 22.0 Å². The van der Waals surface area contributed by atoms with Crippen LogP contribution in [-0.2, 0) is 14.6 Å². The fourth-order valence-corrected chi connectivity index (χ4v) is 2.22. The van der Waals surface area contributed by atoms with Crippen LogP contribution in [0.25, 0.3) is 0 Å². The van der Waals surface area contributed by atoms with Crippen LogP contribution in [0.2, 0.25) is 0 Å². The van der Waals surface area contributed by atoms with E-state index in [0.29, 0.717) is 11.0 Å². The third kappa shape index (κ3) is 3.74. The number of carbonyl (C=O) groups excluding carboxylic acids is 1. The van der Waals surface area contributed by atoms with Gasteiger partial charge in [0.1, 0.15) is 0 Å². The predicted octanol–water partition coefficient (Wildman–Crippen LogP) is 2.41. The Morgan fingerprint density at radius 2 is 1.83 bits per heavy atom. The van der Waals surface area contributed by atoms with E-state index in [-0.39, 0.29) is 12.3 Å². The first-order valence-corrected chi connectivity index (χ1v) is 7.52. The molecule has 0 aliphatic heterocycles. The number of sulfone groups is 1. The van der Waals surface area contributed by atoms with Crippen LogP contribution in [0.1, 0.15) is 6.42 Å². The van der Waals surface area contributed by atoms with Gasteiger partial charge in [-0.3, -0.25) is 4.79 Å². The molecule has 0 unspecified atom stereocenters. The Kier molecular flexibility index (Phi) is 5.21. The van der Waals surface area contributed by atoms with Crippen LogP contribution in [0.4, 0.5) is 14.5 Å². The van der Waals surface area contributed by atoms with Crippen molar-refractivity contribution in [2.75, 3.05) is 10.6 Å². The monoisotopic (exact) mass is 341 g/mol. The zero-order valence-corrected chi connectivity index (χ0v) is 11.5. The van der Waals surface area contributed by atoms with Crippen molar-refractivity contribution >= 4 is 37.4 Å². The van der Waals surface area contributed by atoms with Crippen LogP contribution in [0.5, 0.6) is 0 Å². The lowest BCUT2D eigenvalue weighted by Gasteiger charge is -2.06. The first kappa shape index (κ1) is 15.0. The van der Waals surface area contributed by atoms with Crippen LogP contribution < -0.4 is 5.32 Å². The normalized spacial score (nSPS) is 11.6. The summed E-state index contributed by atoms with van der Waals surface area (Å²) in [7, 11) is -4.59. The minimum Gasteiger partial charge on any atom is -0.326 e. The molecule has 1 amide bonds. The van der Waals surface area contributed by atoms with Crippen LogP contribution >= 0.6 is 15.9 Å². The van der Waals surface area contributed by atoms with Gasteiger partial charge in [-0.1, -0.05) is 15.9 Å². The Labute approximate surface area is 111 Å². The fraction of sp³-hybridized carbons (Fsp3) is 0.300. The molecule has 0 aliphatic rings. The third-order valence-corrected chi connectivity index (χ3v) is 3.82. The molecule has 1 N–H and O–H groups in total. The van der Waals surface area contributed by atoms with E-state index in [4.69, 9.17) is 0 Å². The lowest BCUT2D eigenvalue weighted by Crippen LogP contribution is -2.13. The highest BCUT2D eigenvalue weighted by atomic mass is 79.9. The molecule has 0 atom stereocenters. The number of alkyl halides is 3. The van der Waals surface area contributed by atoms with Gasteiger partial charge in [0, 0.05) is 17.4 Å². The zero-order chi connectivity index (χ0) is 13.8. The molecule has 0 spiro atoms. The Hall–Kier alpha value is -1.02. The maximum absolute atomic E-state index is 12.2. The molecule has 0 aromatic heterocycles. The highest BCUT2D eigenvalue weighted by molar-refractivity contribution is 9.09. The fourth-order valence-electron chi connectivity index (χ4n) is 1.14. The molecule has 1 aromatic rings. The largest absolute Gasteiger partial charge is 0.341 e. The number of halogens is 3. The van der Waals surface area contributed by atoms with E-state index in [1.807, 2.05) is 0 Å². The average Bonchev–Trinajstić information content (AvgIpc) is 2.29. The van der Waals surface area contributed by atoms with E-state index in [1.54, 1.807) is 0 Å². The van der Waals surface area contributed by atoms with Crippen molar-refractivity contribution in [3.8, 4) is 0 Å². The second-order valence-corrected chi connectivity index (χ2v) is 6.03. The molecule has 1 aromatic carbocycles. The van der Waals surface area contributed by atoms with E-state index < -0.39 is 20.5 Å². The molecule has 1 rings (SSSR count). The molecule has 0 heterocycles. The second kappa shape index (κ2) is 6.24. The lowest BCUT2D eigenvalue weighted by atomic mass is 10.3. The Morgan fingerprint density at radius 3 is 2.28 bits per heavy atom. The van der Waals surface area contributed by atoms with Gasteiger partial charge < -0.3 is 5.32 Å². The predicted molar refractivity (Wildman–Crippen MR) is 66.7 cm³/mol. The van der Waals surface area contributed by atoms with Gasteiger partial charge in [-0.25, -0.2) is 8.42 Å². The van der Waals surface area contributed by atoms with Crippen molar-refractivity contribution in [1.29, 1.82) is 0 Å². The molecule has 4 nitrogen and oxygen atoms in total. The SMILES string of the molecule is O=C(CCBr)Nc1ccc(S(=O)(=O)C(F)F)cc1. The number of nitrogens with one attached hydrogen (secondary N) is 1. The number of benzene rings is 1. The van der Waals surface area contributed by atoms with Crippen LogP contribution in [-0.4, -0.2) is 25.4 Å². The minimum atomic E-state index is -4.59. The Morgan fingerprint density at radius 1 is 1.28 bits per heavy atom. The smallest absolute Gasteiger partial charge is 0.326 e. The summed E-state index contributed by atoms with van der Waals surface area (Å²) < 4.78 is 46.7. The van der Waals surface area contributed by atoms with Crippen molar-refractivity contribution in [3.05, 3.63) is 24.3 Å². The number of carbonyl (C=O) groups is 1. The lowest BCUT2D eigenvalue weighted by molar-refractivity contribution is -0.115. The van der Waals surface area contributed by atoms with Gasteiger partial charge in [-0.15, -0.1) is 0 Å². The topological polar surface area (TPSA) is 63.2 Å². The molecule has 0 fully saturated rings. The third-order valence-electron chi connectivity index (χ3n) is 2.02. The van der Waals surface area contributed by atoms with E-state index in [1.165, 1.54) is 12.1 Å². The van der Waals surface area contributed by atoms with Crippen LogP contribution in [0.3, 0.4) is 0 Å². The number of anilines is 1. The van der Waals surface area contributed by atoms with Crippen LogP contribution in [0.15, 0.2) is 29.2 Å². The molecule has 18 heavy (non-hydrogen) atoms. The minimum absolute atomic E-state index is 0.253. The zero-order valence-electron chi connectivity index (χ0n) is 9.07. The first-order chi connectivity index (χ1) is 8.37. The van der Waals surface area contributed by atoms with Crippen LogP contribution in [0, 0.1) is 0 Å². The van der Waals surface area contributed by atoms with E-state index in [2.05, 4.69) is 21.2 Å². The van der Waals surface area contributed by atoms with Crippen molar-refractivity contribution in [1.82, 2.24) is 0 Å². The highest BCUT2D eigenvalue weighted by Gasteiger charge is 2.26. The van der Waals surface area contributed by atoms with Gasteiger partial charge in [-0.2, -0.15) is 8.78 Å². The van der Waals surface area contributed by atoms with Gasteiger partial charge in [0.25, 0.3) is 0 Å². The highest BCUT2D eigenvalue weighted by Crippen LogP contribution is 2.20. The first-order valence-electron chi connectivity index (χ1n) is 4.86. The number of rotatable bonds is 5. The summed E-state index contributed by atoms with van der Waals surface area (Å²) in [5.41, 5.74) is 0.356. The molecule has 8 heteroatoms. The van der Waals surface area contributed by atoms with Crippen molar-refractivity contribution in [3.63, 3.8) is 0 Å². The Balaban J connectivity index is 2.84. The van der Waals surface area contributed by atoms with Gasteiger partial charge in [-0.05, 0) is 24.3 Å². The van der Waals surface area contributed by atoms with E-state index in [0.717, 1.165) is 12.1 Å². The maximum Gasteiger partial charge on any atom is 0.341 e. The molecule has 0 saturated heterocycles. The summed E-state index contributed by atoms with van der Waals surface area (Å²) in [4.78, 5) is 10.7. The number of amides is 1. The summed E-state index contributed by atoms with van der Waals surface area (Å²) in [6.07, 6.45) is 0.261. The second-order valence-electron chi connectivity index (χ2n) is 3.32. The molecular formula is C10H10BrF2NO3S. The summed E-state index contributed by atoms with van der Waals surface area (Å²) in [6.45, 7) is 0. The molecule has 0 bridgehead atoms. The molecule has 100 valence electrons. The van der Waals surface area contributed by atoms with Gasteiger partial charge in [0.05, 0.1) is 4.90 Å². The molecular weight excluding hydrogens is 332 g/mol. The Bertz CT molecular complexity index is 516. The summed E-state index contributed by atoms with van der Waals surface area (Å²) in [5, 5.41) is 3.00. The van der Waals surface area contributed by atoms with Crippen molar-refractivity contribution in [2.24, 2.45) is 0 Å². The quantitative estimate of drug-likeness (QED) is 0.836. The summed E-state index contributed by atoms with van der Waals surface area (Å²) >= 11 is 3.09. The van der Waals surface area contributed by atoms with Gasteiger partial charge >= 0.3 is 5.76 Å². The average molecular weight is 342 g/mol. The van der Waals surface area contributed by atoms with Crippen molar-refractivity contribution < 1.29 is 22.0 Å². The van der Waals surface area contributed by atoms with Gasteiger partial charge in [0.2, 0.25) is 15.7 Å². The standard InChI is InChI=1S/C10H10BrF2NO3S/c11-6-5-9(15)14-7-1-3-8(4-2-7)18(16,17)10(12)13/h1-4,10H,5-6H2,(H,14,15). The number of hydrogen-bond donors (Lipinski definition) is 1. The summed E-state index contributed by atoms with van der Waals surface area (Å²) in [6, 6.07) is 4.60.